The molecule has 0 fully saturated rings. The van der Waals surface area contributed by atoms with Gasteiger partial charge in [-0.15, -0.1) is 11.3 Å². The number of anilines is 1. The van der Waals surface area contributed by atoms with Crippen LogP contribution in [0.5, 0.6) is 0 Å². The van der Waals surface area contributed by atoms with Crippen molar-refractivity contribution in [1.29, 1.82) is 0 Å². The monoisotopic (exact) mass is 450 g/mol. The van der Waals surface area contributed by atoms with Crippen molar-refractivity contribution in [3.63, 3.8) is 0 Å². The highest BCUT2D eigenvalue weighted by Gasteiger charge is 2.20. The number of primary sulfonamides is 1. The number of thiophene rings is 1. The minimum Gasteiger partial charge on any atom is -0.478 e. The van der Waals surface area contributed by atoms with E-state index in [-0.39, 0.29) is 22.4 Å². The average Bonchev–Trinajstić information content (AvgIpc) is 3.09. The predicted octanol–water partition coefficient (Wildman–Crippen LogP) is 1.39. The molecule has 0 saturated heterocycles. The van der Waals surface area contributed by atoms with Crippen molar-refractivity contribution in [2.75, 3.05) is 5.32 Å². The Balaban J connectivity index is 1.93. The first-order valence-corrected chi connectivity index (χ1v) is 11.2. The summed E-state index contributed by atoms with van der Waals surface area (Å²) in [5.41, 5.74) is -0.432. The van der Waals surface area contributed by atoms with Gasteiger partial charge in [-0.1, -0.05) is 6.92 Å². The Hall–Kier alpha value is -3.09. The number of rotatable bonds is 7. The number of nitrogens with two attached hydrogens (primary N) is 1. The van der Waals surface area contributed by atoms with Crippen LogP contribution in [-0.4, -0.2) is 35.0 Å². The Morgan fingerprint density at radius 1 is 1.27 bits per heavy atom. The van der Waals surface area contributed by atoms with E-state index in [0.717, 1.165) is 11.3 Å². The van der Waals surface area contributed by atoms with Crippen LogP contribution in [0.1, 0.15) is 29.5 Å². The molecule has 2 heterocycles. The Bertz CT molecular complexity index is 1290. The molecule has 3 aromatic rings. The number of carboxylic acids is 1. The fraction of sp³-hybridized carbons (Fsp3) is 0.222. The number of carbonyl (C=O) groups is 2. The summed E-state index contributed by atoms with van der Waals surface area (Å²) in [4.78, 5) is 41.5. The van der Waals surface area contributed by atoms with Crippen molar-refractivity contribution in [2.24, 2.45) is 5.14 Å². The van der Waals surface area contributed by atoms with Gasteiger partial charge in [0.1, 0.15) is 17.2 Å². The molecule has 0 aliphatic rings. The second-order valence-electron chi connectivity index (χ2n) is 6.42. The zero-order chi connectivity index (χ0) is 22.1. The SMILES string of the molecule is CCCc1nc2scc(C(=O)O)c2c(=O)n1CC(=O)Nc1ccc(S(N)(=O)=O)cc1. The number of benzene rings is 1. The lowest BCUT2D eigenvalue weighted by molar-refractivity contribution is -0.116. The molecule has 0 spiro atoms. The zero-order valence-electron chi connectivity index (χ0n) is 15.8. The summed E-state index contributed by atoms with van der Waals surface area (Å²) >= 11 is 1.06. The van der Waals surface area contributed by atoms with E-state index in [9.17, 15) is 27.9 Å². The van der Waals surface area contributed by atoms with E-state index >= 15 is 0 Å². The van der Waals surface area contributed by atoms with E-state index < -0.39 is 27.5 Å². The summed E-state index contributed by atoms with van der Waals surface area (Å²) < 4.78 is 23.8. The molecule has 12 heteroatoms. The number of sulfonamides is 1. The molecular weight excluding hydrogens is 432 g/mol. The molecule has 3 rings (SSSR count). The molecule has 4 N–H and O–H groups in total. The molecule has 0 atom stereocenters. The van der Waals surface area contributed by atoms with E-state index in [4.69, 9.17) is 5.14 Å². The second kappa shape index (κ2) is 8.34. The number of nitrogens with one attached hydrogen (secondary N) is 1. The number of aromatic carboxylic acids is 1. The largest absolute Gasteiger partial charge is 0.478 e. The topological polar surface area (TPSA) is 161 Å². The van der Waals surface area contributed by atoms with E-state index in [1.807, 2.05) is 6.92 Å². The van der Waals surface area contributed by atoms with Gasteiger partial charge in [-0.05, 0) is 30.7 Å². The molecular formula is C18H18N4O6S2. The quantitative estimate of drug-likeness (QED) is 0.490. The minimum atomic E-state index is -3.85. The summed E-state index contributed by atoms with van der Waals surface area (Å²) in [6.07, 6.45) is 1.10. The number of nitrogens with zero attached hydrogens (tertiary/aromatic N) is 2. The van der Waals surface area contributed by atoms with E-state index in [2.05, 4.69) is 10.3 Å². The van der Waals surface area contributed by atoms with Gasteiger partial charge >= 0.3 is 5.97 Å². The van der Waals surface area contributed by atoms with Crippen LogP contribution in [-0.2, 0) is 27.8 Å². The number of fused-ring (bicyclic) bond motifs is 1. The third-order valence-electron chi connectivity index (χ3n) is 4.25. The van der Waals surface area contributed by atoms with Crippen molar-refractivity contribution in [3.8, 4) is 0 Å². The number of amides is 1. The van der Waals surface area contributed by atoms with Gasteiger partial charge in [0.25, 0.3) is 5.56 Å². The maximum Gasteiger partial charge on any atom is 0.337 e. The van der Waals surface area contributed by atoms with Gasteiger partial charge in [0.2, 0.25) is 15.9 Å². The number of hydrogen-bond donors (Lipinski definition) is 3. The number of aryl methyl sites for hydroxylation is 1. The van der Waals surface area contributed by atoms with E-state index in [1.54, 1.807) is 0 Å². The van der Waals surface area contributed by atoms with Crippen molar-refractivity contribution < 1.29 is 23.1 Å². The maximum atomic E-state index is 13.0. The zero-order valence-corrected chi connectivity index (χ0v) is 17.4. The first-order chi connectivity index (χ1) is 14.1. The lowest BCUT2D eigenvalue weighted by atomic mass is 10.2. The molecule has 0 aliphatic heterocycles. The lowest BCUT2D eigenvalue weighted by Gasteiger charge is -2.12. The van der Waals surface area contributed by atoms with Crippen LogP contribution >= 0.6 is 11.3 Å². The van der Waals surface area contributed by atoms with Crippen molar-refractivity contribution in [2.45, 2.75) is 31.2 Å². The second-order valence-corrected chi connectivity index (χ2v) is 8.84. The Labute approximate surface area is 175 Å². The lowest BCUT2D eigenvalue weighted by Crippen LogP contribution is -2.31. The number of hydrogen-bond acceptors (Lipinski definition) is 7. The van der Waals surface area contributed by atoms with Gasteiger partial charge in [-0.3, -0.25) is 14.2 Å². The van der Waals surface area contributed by atoms with Gasteiger partial charge < -0.3 is 10.4 Å². The molecule has 30 heavy (non-hydrogen) atoms. The Morgan fingerprint density at radius 2 is 1.93 bits per heavy atom. The highest BCUT2D eigenvalue weighted by Crippen LogP contribution is 2.22. The number of aromatic nitrogens is 2. The van der Waals surface area contributed by atoms with Crippen LogP contribution in [0.2, 0.25) is 0 Å². The number of carbonyl (C=O) groups excluding carboxylic acids is 1. The van der Waals surface area contributed by atoms with E-state index in [0.29, 0.717) is 29.2 Å². The summed E-state index contributed by atoms with van der Waals surface area (Å²) in [6.45, 7) is 1.52. The van der Waals surface area contributed by atoms with Crippen molar-refractivity contribution >= 4 is 49.1 Å². The molecule has 10 nitrogen and oxygen atoms in total. The van der Waals surface area contributed by atoms with Crippen LogP contribution in [0.3, 0.4) is 0 Å². The van der Waals surface area contributed by atoms with Crippen LogP contribution < -0.4 is 16.0 Å². The number of carboxylic acid groups (broad SMARTS) is 1. The third kappa shape index (κ3) is 4.40. The van der Waals surface area contributed by atoms with Gasteiger partial charge in [-0.2, -0.15) is 0 Å². The van der Waals surface area contributed by atoms with Gasteiger partial charge in [0.15, 0.2) is 0 Å². The molecule has 1 aromatic carbocycles. The molecule has 2 aromatic heterocycles. The fourth-order valence-corrected chi connectivity index (χ4v) is 4.31. The van der Waals surface area contributed by atoms with Crippen LogP contribution in [0.15, 0.2) is 39.3 Å². The van der Waals surface area contributed by atoms with Gasteiger partial charge in [0, 0.05) is 17.5 Å². The molecule has 0 unspecified atom stereocenters. The Kier molecular flexibility index (Phi) is 6.01. The standard InChI is InChI=1S/C18H18N4O6S2/c1-2-3-13-21-16-15(12(9-29-16)18(25)26)17(24)22(13)8-14(23)20-10-4-6-11(7-5-10)30(19,27)28/h4-7,9H,2-3,8H2,1H3,(H,20,23)(H,25,26)(H2,19,27,28). The highest BCUT2D eigenvalue weighted by molar-refractivity contribution is 7.89. The molecule has 0 aliphatic carbocycles. The minimum absolute atomic E-state index is 0.0299. The highest BCUT2D eigenvalue weighted by atomic mass is 32.2. The summed E-state index contributed by atoms with van der Waals surface area (Å²) in [6, 6.07) is 5.24. The smallest absolute Gasteiger partial charge is 0.337 e. The summed E-state index contributed by atoms with van der Waals surface area (Å²) in [5, 5.41) is 18.3. The summed E-state index contributed by atoms with van der Waals surface area (Å²) in [7, 11) is -3.85. The van der Waals surface area contributed by atoms with Crippen molar-refractivity contribution in [3.05, 3.63) is 51.4 Å². The van der Waals surface area contributed by atoms with Crippen LogP contribution in [0.4, 0.5) is 5.69 Å². The van der Waals surface area contributed by atoms with Gasteiger partial charge in [0.05, 0.1) is 15.8 Å². The van der Waals surface area contributed by atoms with Crippen LogP contribution in [0.25, 0.3) is 10.2 Å². The summed E-state index contributed by atoms with van der Waals surface area (Å²) in [5.74, 6) is -1.41. The first kappa shape index (κ1) is 21.6. The molecule has 0 saturated carbocycles. The first-order valence-electron chi connectivity index (χ1n) is 8.78. The average molecular weight is 450 g/mol. The Morgan fingerprint density at radius 3 is 2.50 bits per heavy atom. The molecule has 1 amide bonds. The molecule has 158 valence electrons. The van der Waals surface area contributed by atoms with Gasteiger partial charge in [-0.25, -0.2) is 23.3 Å². The molecule has 0 radical (unpaired) electrons. The van der Waals surface area contributed by atoms with Crippen molar-refractivity contribution in [1.82, 2.24) is 9.55 Å². The van der Waals surface area contributed by atoms with E-state index in [1.165, 1.54) is 34.2 Å². The maximum absolute atomic E-state index is 13.0. The third-order valence-corrected chi connectivity index (χ3v) is 6.05. The molecule has 0 bridgehead atoms. The van der Waals surface area contributed by atoms with Crippen LogP contribution in [0, 0.1) is 0 Å². The predicted molar refractivity (Wildman–Crippen MR) is 111 cm³/mol. The fourth-order valence-electron chi connectivity index (χ4n) is 2.87. The normalized spacial score (nSPS) is 11.5.